The third kappa shape index (κ3) is 31.1. The molecule has 9 heteroatoms. The van der Waals surface area contributed by atoms with Crippen LogP contribution in [0.3, 0.4) is 0 Å². The molecule has 1 aliphatic heterocycles. The second-order valence-electron chi connectivity index (χ2n) is 17.2. The third-order valence-electron chi connectivity index (χ3n) is 11.7. The molecule has 1 saturated heterocycles. The summed E-state index contributed by atoms with van der Waals surface area (Å²) in [7, 11) is 0. The van der Waals surface area contributed by atoms with Crippen molar-refractivity contribution in [2.75, 3.05) is 13.2 Å². The number of hydrogen-bond donors (Lipinski definition) is 6. The molecule has 1 amide bonds. The van der Waals surface area contributed by atoms with E-state index in [0.29, 0.717) is 12.8 Å². The highest BCUT2D eigenvalue weighted by Gasteiger charge is 2.44. The van der Waals surface area contributed by atoms with E-state index in [1.165, 1.54) is 122 Å². The van der Waals surface area contributed by atoms with E-state index in [1.807, 2.05) is 0 Å². The molecule has 0 aliphatic carbocycles. The van der Waals surface area contributed by atoms with Crippen LogP contribution in [-0.4, -0.2) is 87.5 Å². The minimum atomic E-state index is -1.55. The maximum atomic E-state index is 13.0. The van der Waals surface area contributed by atoms with Crippen molar-refractivity contribution >= 4 is 5.91 Å². The van der Waals surface area contributed by atoms with Crippen LogP contribution in [-0.2, 0) is 14.3 Å². The lowest BCUT2D eigenvalue weighted by atomic mass is 9.99. The van der Waals surface area contributed by atoms with Gasteiger partial charge in [0.25, 0.3) is 0 Å². The van der Waals surface area contributed by atoms with Gasteiger partial charge < -0.3 is 40.3 Å². The monoisotopic (exact) mass is 848 g/mol. The first kappa shape index (κ1) is 56.2. The van der Waals surface area contributed by atoms with Crippen molar-refractivity contribution < 1.29 is 39.8 Å². The molecule has 0 aromatic carbocycles. The van der Waals surface area contributed by atoms with Crippen LogP contribution in [0.1, 0.15) is 213 Å². The average Bonchev–Trinajstić information content (AvgIpc) is 3.25. The average molecular weight is 848 g/mol. The van der Waals surface area contributed by atoms with Crippen molar-refractivity contribution in [2.45, 2.75) is 256 Å². The Labute approximate surface area is 367 Å². The first-order valence-electron chi connectivity index (χ1n) is 24.8. The van der Waals surface area contributed by atoms with Crippen molar-refractivity contribution in [2.24, 2.45) is 0 Å². The fourth-order valence-electron chi connectivity index (χ4n) is 7.74. The number of nitrogens with one attached hydrogen (secondary N) is 1. The number of carbonyl (C=O) groups excluding carboxylic acids is 1. The number of aliphatic hydroxyl groups excluding tert-OH is 5. The highest BCUT2D eigenvalue weighted by atomic mass is 16.7. The van der Waals surface area contributed by atoms with E-state index in [9.17, 15) is 30.3 Å². The van der Waals surface area contributed by atoms with Crippen LogP contribution in [0, 0.1) is 0 Å². The van der Waals surface area contributed by atoms with Gasteiger partial charge in [0.2, 0.25) is 5.91 Å². The number of carbonyl (C=O) groups is 1. The molecule has 1 fully saturated rings. The molecule has 6 N–H and O–H groups in total. The van der Waals surface area contributed by atoms with Gasteiger partial charge in [-0.05, 0) is 51.4 Å². The van der Waals surface area contributed by atoms with Crippen molar-refractivity contribution in [3.63, 3.8) is 0 Å². The molecule has 9 nitrogen and oxygen atoms in total. The number of hydrogen-bond acceptors (Lipinski definition) is 8. The lowest BCUT2D eigenvalue weighted by Crippen LogP contribution is -2.60. The smallest absolute Gasteiger partial charge is 0.220 e. The number of amides is 1. The molecular weight excluding hydrogens is 755 g/mol. The van der Waals surface area contributed by atoms with Crippen molar-refractivity contribution in [3.8, 4) is 0 Å². The summed E-state index contributed by atoms with van der Waals surface area (Å²) >= 11 is 0. The number of aliphatic hydroxyl groups is 5. The Morgan fingerprint density at radius 1 is 0.583 bits per heavy atom. The second kappa shape index (κ2) is 41.2. The maximum absolute atomic E-state index is 13.0. The van der Waals surface area contributed by atoms with Crippen LogP contribution < -0.4 is 5.32 Å². The largest absolute Gasteiger partial charge is 0.394 e. The van der Waals surface area contributed by atoms with Gasteiger partial charge >= 0.3 is 0 Å². The summed E-state index contributed by atoms with van der Waals surface area (Å²) in [4.78, 5) is 13.0. The van der Waals surface area contributed by atoms with Gasteiger partial charge in [0.05, 0.1) is 25.4 Å². The summed E-state index contributed by atoms with van der Waals surface area (Å²) in [5, 5.41) is 54.3. The lowest BCUT2D eigenvalue weighted by Gasteiger charge is -2.40. The molecule has 0 aromatic heterocycles. The Kier molecular flexibility index (Phi) is 38.5. The van der Waals surface area contributed by atoms with Gasteiger partial charge in [0, 0.05) is 6.42 Å². The summed E-state index contributed by atoms with van der Waals surface area (Å²) in [6.45, 7) is 3.70. The molecule has 350 valence electrons. The zero-order valence-electron chi connectivity index (χ0n) is 38.5. The minimum Gasteiger partial charge on any atom is -0.394 e. The van der Waals surface area contributed by atoms with E-state index >= 15 is 0 Å². The van der Waals surface area contributed by atoms with E-state index in [-0.39, 0.29) is 12.5 Å². The Bertz CT molecular complexity index is 1080. The normalized spacial score (nSPS) is 20.9. The van der Waals surface area contributed by atoms with E-state index in [1.54, 1.807) is 0 Å². The third-order valence-corrected chi connectivity index (χ3v) is 11.7. The Morgan fingerprint density at radius 2 is 1.03 bits per heavy atom. The summed E-state index contributed by atoms with van der Waals surface area (Å²) < 4.78 is 11.2. The Hall–Kier alpha value is -1.85. The molecule has 0 spiro atoms. The van der Waals surface area contributed by atoms with Crippen LogP contribution in [0.25, 0.3) is 0 Å². The SMILES string of the molecule is CC/C=C\C/C=C\C/C=C\C/C=C\CCCCCCCCCCCCCCCCC(=O)NC(COC1OC(CO)C(O)C(O)C1O)C(O)CCCCCCCCCCCC. The van der Waals surface area contributed by atoms with E-state index < -0.39 is 49.5 Å². The fraction of sp³-hybridized carbons (Fsp3) is 0.824. The van der Waals surface area contributed by atoms with Crippen LogP contribution in [0.15, 0.2) is 48.6 Å². The Morgan fingerprint density at radius 3 is 1.53 bits per heavy atom. The molecule has 0 saturated carbocycles. The Balaban J connectivity index is 2.17. The number of allylic oxidation sites excluding steroid dienone is 8. The van der Waals surface area contributed by atoms with Crippen LogP contribution in [0.4, 0.5) is 0 Å². The van der Waals surface area contributed by atoms with Gasteiger partial charge in [0.15, 0.2) is 6.29 Å². The molecule has 1 heterocycles. The molecule has 7 unspecified atom stereocenters. The molecule has 0 aromatic rings. The summed E-state index contributed by atoms with van der Waals surface area (Å²) in [5.74, 6) is -0.148. The second-order valence-corrected chi connectivity index (χ2v) is 17.2. The topological polar surface area (TPSA) is 149 Å². The molecule has 1 rings (SSSR count). The molecule has 0 bridgehead atoms. The van der Waals surface area contributed by atoms with Gasteiger partial charge in [-0.15, -0.1) is 0 Å². The van der Waals surface area contributed by atoms with Gasteiger partial charge in [-0.25, -0.2) is 0 Å². The van der Waals surface area contributed by atoms with Crippen molar-refractivity contribution in [1.29, 1.82) is 0 Å². The van der Waals surface area contributed by atoms with Crippen LogP contribution in [0.2, 0.25) is 0 Å². The molecule has 0 radical (unpaired) electrons. The summed E-state index contributed by atoms with van der Waals surface area (Å²) in [5.41, 5.74) is 0. The van der Waals surface area contributed by atoms with Crippen molar-refractivity contribution in [3.05, 3.63) is 48.6 Å². The molecular formula is C51H93NO8. The van der Waals surface area contributed by atoms with Crippen LogP contribution >= 0.6 is 0 Å². The van der Waals surface area contributed by atoms with E-state index in [0.717, 1.165) is 64.2 Å². The highest BCUT2D eigenvalue weighted by molar-refractivity contribution is 5.76. The number of unbranched alkanes of at least 4 members (excludes halogenated alkanes) is 23. The van der Waals surface area contributed by atoms with Gasteiger partial charge in [-0.2, -0.15) is 0 Å². The maximum Gasteiger partial charge on any atom is 0.220 e. The van der Waals surface area contributed by atoms with Crippen LogP contribution in [0.5, 0.6) is 0 Å². The lowest BCUT2D eigenvalue weighted by molar-refractivity contribution is -0.302. The van der Waals surface area contributed by atoms with E-state index in [4.69, 9.17) is 9.47 Å². The van der Waals surface area contributed by atoms with Gasteiger partial charge in [-0.1, -0.05) is 204 Å². The summed E-state index contributed by atoms with van der Waals surface area (Å²) in [6, 6.07) is -0.718. The van der Waals surface area contributed by atoms with E-state index in [2.05, 4.69) is 67.8 Å². The van der Waals surface area contributed by atoms with Gasteiger partial charge in [0.1, 0.15) is 24.4 Å². The zero-order chi connectivity index (χ0) is 43.7. The predicted molar refractivity (Wildman–Crippen MR) is 249 cm³/mol. The predicted octanol–water partition coefficient (Wildman–Crippen LogP) is 11.0. The number of ether oxygens (including phenoxy) is 2. The number of rotatable bonds is 41. The quantitative estimate of drug-likeness (QED) is 0.0263. The van der Waals surface area contributed by atoms with Gasteiger partial charge in [-0.3, -0.25) is 4.79 Å². The first-order chi connectivity index (χ1) is 29.3. The first-order valence-corrected chi connectivity index (χ1v) is 24.8. The minimum absolute atomic E-state index is 0.138. The van der Waals surface area contributed by atoms with Crippen molar-refractivity contribution in [1.82, 2.24) is 5.32 Å². The highest BCUT2D eigenvalue weighted by Crippen LogP contribution is 2.23. The molecule has 7 atom stereocenters. The fourth-order valence-corrected chi connectivity index (χ4v) is 7.74. The zero-order valence-corrected chi connectivity index (χ0v) is 38.5. The molecule has 60 heavy (non-hydrogen) atoms. The standard InChI is InChI=1S/C51H93NO8/c1-3-5-7-9-11-13-15-16-17-18-19-20-21-22-23-24-25-26-27-28-29-30-31-33-35-37-39-41-47(55)52-44(43-59-51-50(58)49(57)48(56)46(42-53)60-51)45(54)40-38-36-34-32-14-12-10-8-6-4-2/h5,7,11,13,16-17,19-20,44-46,48-51,53-54,56-58H,3-4,6,8-10,12,14-15,18,21-43H2,1-2H3,(H,52,55)/b7-5-,13-11-,17-16-,20-19-. The summed E-state index contributed by atoms with van der Waals surface area (Å²) in [6.07, 6.45) is 45.6. The molecule has 1 aliphatic rings.